The van der Waals surface area contributed by atoms with E-state index in [0.717, 1.165) is 43.4 Å². The molecule has 0 aliphatic heterocycles. The number of methoxy groups -OCH3 is 1. The lowest BCUT2D eigenvalue weighted by Crippen LogP contribution is -2.43. The van der Waals surface area contributed by atoms with E-state index in [1.807, 2.05) is 18.2 Å². The molecule has 2 rings (SSSR count). The number of hydrogen-bond acceptors (Lipinski definition) is 2. The first kappa shape index (κ1) is 13.9. The summed E-state index contributed by atoms with van der Waals surface area (Å²) in [5.74, 6) is 0.888. The largest absolute Gasteiger partial charge is 0.496 e. The second-order valence-electron chi connectivity index (χ2n) is 5.41. The first-order chi connectivity index (χ1) is 9.15. The van der Waals surface area contributed by atoms with Crippen molar-refractivity contribution in [2.45, 2.75) is 44.9 Å². The maximum atomic E-state index is 12.1. The van der Waals surface area contributed by atoms with E-state index < -0.39 is 5.41 Å². The lowest BCUT2D eigenvalue weighted by Gasteiger charge is -2.42. The molecule has 1 aromatic rings. The van der Waals surface area contributed by atoms with Gasteiger partial charge in [0.25, 0.3) is 0 Å². The van der Waals surface area contributed by atoms with Gasteiger partial charge in [0.15, 0.2) is 0 Å². The number of ether oxygens (including phenoxy) is 1. The summed E-state index contributed by atoms with van der Waals surface area (Å²) in [6.07, 6.45) is 4.93. The Morgan fingerprint density at radius 3 is 2.79 bits per heavy atom. The maximum absolute atomic E-state index is 12.1. The fourth-order valence-electron chi connectivity index (χ4n) is 3.54. The molecule has 3 nitrogen and oxygen atoms in total. The normalized spacial score (nSPS) is 26.9. The molecule has 1 saturated carbocycles. The molecule has 3 heteroatoms. The van der Waals surface area contributed by atoms with E-state index in [4.69, 9.17) is 10.5 Å². The van der Waals surface area contributed by atoms with Crippen molar-refractivity contribution in [3.05, 3.63) is 29.8 Å². The lowest BCUT2D eigenvalue weighted by molar-refractivity contribution is -0.131. The van der Waals surface area contributed by atoms with Crippen LogP contribution in [0.5, 0.6) is 5.75 Å². The van der Waals surface area contributed by atoms with E-state index >= 15 is 0 Å². The molecule has 0 radical (unpaired) electrons. The second-order valence-corrected chi connectivity index (χ2v) is 5.41. The molecule has 0 heterocycles. The zero-order valence-corrected chi connectivity index (χ0v) is 11.8. The highest BCUT2D eigenvalue weighted by Crippen LogP contribution is 2.51. The molecule has 1 amide bonds. The highest BCUT2D eigenvalue weighted by molar-refractivity contribution is 5.82. The van der Waals surface area contributed by atoms with Gasteiger partial charge in [0.05, 0.1) is 12.5 Å². The summed E-state index contributed by atoms with van der Waals surface area (Å²) in [7, 11) is 1.68. The Morgan fingerprint density at radius 1 is 1.42 bits per heavy atom. The van der Waals surface area contributed by atoms with E-state index in [1.165, 1.54) is 0 Å². The van der Waals surface area contributed by atoms with E-state index in [0.29, 0.717) is 0 Å². The molecule has 0 saturated heterocycles. The number of carbonyl (C=O) groups is 1. The van der Waals surface area contributed by atoms with Gasteiger partial charge in [0.2, 0.25) is 5.91 Å². The molecule has 1 fully saturated rings. The molecule has 0 spiro atoms. The third-order valence-corrected chi connectivity index (χ3v) is 4.67. The SMILES string of the molecule is CCC1(C(N)=O)CCCCC1c1ccccc1OC. The van der Waals surface area contributed by atoms with Crippen LogP contribution in [-0.2, 0) is 4.79 Å². The summed E-state index contributed by atoms with van der Waals surface area (Å²) < 4.78 is 5.46. The van der Waals surface area contributed by atoms with Crippen molar-refractivity contribution in [1.29, 1.82) is 0 Å². The van der Waals surface area contributed by atoms with Crippen molar-refractivity contribution < 1.29 is 9.53 Å². The van der Waals surface area contributed by atoms with Crippen molar-refractivity contribution >= 4 is 5.91 Å². The van der Waals surface area contributed by atoms with Crippen LogP contribution in [-0.4, -0.2) is 13.0 Å². The number of para-hydroxylation sites is 1. The van der Waals surface area contributed by atoms with Crippen molar-refractivity contribution in [2.75, 3.05) is 7.11 Å². The summed E-state index contributed by atoms with van der Waals surface area (Å²) in [5, 5.41) is 0. The Bertz CT molecular complexity index is 458. The molecule has 2 unspecified atom stereocenters. The predicted molar refractivity (Wildman–Crippen MR) is 76.1 cm³/mol. The van der Waals surface area contributed by atoms with Crippen LogP contribution in [0.1, 0.15) is 50.5 Å². The molecule has 0 bridgehead atoms. The molecule has 2 atom stereocenters. The Balaban J connectivity index is 2.47. The zero-order valence-electron chi connectivity index (χ0n) is 11.8. The molecule has 1 aliphatic rings. The molecular weight excluding hydrogens is 238 g/mol. The van der Waals surface area contributed by atoms with Crippen LogP contribution in [0.15, 0.2) is 24.3 Å². The van der Waals surface area contributed by atoms with Crippen LogP contribution in [0.25, 0.3) is 0 Å². The highest BCUT2D eigenvalue weighted by atomic mass is 16.5. The minimum absolute atomic E-state index is 0.161. The molecule has 19 heavy (non-hydrogen) atoms. The van der Waals surface area contributed by atoms with Crippen molar-refractivity contribution in [2.24, 2.45) is 11.1 Å². The topological polar surface area (TPSA) is 52.3 Å². The van der Waals surface area contributed by atoms with Crippen molar-refractivity contribution in [3.63, 3.8) is 0 Å². The van der Waals surface area contributed by atoms with Crippen LogP contribution in [0.3, 0.4) is 0 Å². The first-order valence-electron chi connectivity index (χ1n) is 7.08. The maximum Gasteiger partial charge on any atom is 0.224 e. The fourth-order valence-corrected chi connectivity index (χ4v) is 3.54. The predicted octanol–water partition coefficient (Wildman–Crippen LogP) is 3.23. The molecule has 1 aliphatic carbocycles. The second kappa shape index (κ2) is 5.64. The van der Waals surface area contributed by atoms with Gasteiger partial charge in [-0.05, 0) is 30.9 Å². The van der Waals surface area contributed by atoms with Crippen LogP contribution in [0.2, 0.25) is 0 Å². The number of nitrogens with two attached hydrogens (primary N) is 1. The monoisotopic (exact) mass is 261 g/mol. The standard InChI is InChI=1S/C16H23NO2/c1-3-16(15(17)18)11-7-6-9-13(16)12-8-4-5-10-14(12)19-2/h4-5,8,10,13H,3,6-7,9,11H2,1-2H3,(H2,17,18). The Hall–Kier alpha value is -1.51. The highest BCUT2D eigenvalue weighted by Gasteiger charge is 2.45. The minimum Gasteiger partial charge on any atom is -0.496 e. The quantitative estimate of drug-likeness (QED) is 0.904. The molecule has 104 valence electrons. The van der Waals surface area contributed by atoms with E-state index in [1.54, 1.807) is 7.11 Å². The van der Waals surface area contributed by atoms with Gasteiger partial charge in [-0.1, -0.05) is 38.0 Å². The molecule has 1 aromatic carbocycles. The van der Waals surface area contributed by atoms with Gasteiger partial charge in [-0.2, -0.15) is 0 Å². The van der Waals surface area contributed by atoms with Gasteiger partial charge in [-0.25, -0.2) is 0 Å². The number of carbonyl (C=O) groups excluding carboxylic acids is 1. The van der Waals surface area contributed by atoms with Crippen LogP contribution in [0, 0.1) is 5.41 Å². The first-order valence-corrected chi connectivity index (χ1v) is 7.08. The Kier molecular flexibility index (Phi) is 4.13. The average molecular weight is 261 g/mol. The van der Waals surface area contributed by atoms with Crippen molar-refractivity contribution in [3.8, 4) is 5.75 Å². The van der Waals surface area contributed by atoms with Crippen LogP contribution < -0.4 is 10.5 Å². The van der Waals surface area contributed by atoms with E-state index in [9.17, 15) is 4.79 Å². The Labute approximate surface area is 115 Å². The summed E-state index contributed by atoms with van der Waals surface area (Å²) in [6, 6.07) is 8.00. The summed E-state index contributed by atoms with van der Waals surface area (Å²) in [6.45, 7) is 2.07. The average Bonchev–Trinajstić information content (AvgIpc) is 2.46. The number of primary amides is 1. The molecular formula is C16H23NO2. The van der Waals surface area contributed by atoms with Crippen LogP contribution >= 0.6 is 0 Å². The zero-order chi connectivity index (χ0) is 13.9. The van der Waals surface area contributed by atoms with Gasteiger partial charge in [-0.3, -0.25) is 4.79 Å². The Morgan fingerprint density at radius 2 is 2.16 bits per heavy atom. The number of benzene rings is 1. The van der Waals surface area contributed by atoms with Gasteiger partial charge in [0.1, 0.15) is 5.75 Å². The fraction of sp³-hybridized carbons (Fsp3) is 0.562. The third kappa shape index (κ3) is 2.34. The summed E-state index contributed by atoms with van der Waals surface area (Å²) >= 11 is 0. The van der Waals surface area contributed by atoms with E-state index in [-0.39, 0.29) is 11.8 Å². The van der Waals surface area contributed by atoms with E-state index in [2.05, 4.69) is 13.0 Å². The number of amides is 1. The number of rotatable bonds is 4. The summed E-state index contributed by atoms with van der Waals surface area (Å²) in [5.41, 5.74) is 6.47. The third-order valence-electron chi connectivity index (χ3n) is 4.67. The molecule has 0 aromatic heterocycles. The van der Waals surface area contributed by atoms with Crippen LogP contribution in [0.4, 0.5) is 0 Å². The minimum atomic E-state index is -0.410. The van der Waals surface area contributed by atoms with Crippen molar-refractivity contribution in [1.82, 2.24) is 0 Å². The molecule has 2 N–H and O–H groups in total. The summed E-state index contributed by atoms with van der Waals surface area (Å²) in [4.78, 5) is 12.1. The lowest BCUT2D eigenvalue weighted by atomic mass is 9.62. The number of hydrogen-bond donors (Lipinski definition) is 1. The van der Waals surface area contributed by atoms with Gasteiger partial charge in [-0.15, -0.1) is 0 Å². The van der Waals surface area contributed by atoms with Gasteiger partial charge in [0, 0.05) is 5.92 Å². The smallest absolute Gasteiger partial charge is 0.224 e. The van der Waals surface area contributed by atoms with Gasteiger partial charge < -0.3 is 10.5 Å². The van der Waals surface area contributed by atoms with Gasteiger partial charge >= 0.3 is 0 Å².